The summed E-state index contributed by atoms with van der Waals surface area (Å²) in [5, 5.41) is 15.5. The highest BCUT2D eigenvalue weighted by atomic mass is 32.1. The molecule has 26 heavy (non-hydrogen) atoms. The van der Waals surface area contributed by atoms with Gasteiger partial charge in [0.25, 0.3) is 0 Å². The zero-order valence-electron chi connectivity index (χ0n) is 15.2. The molecule has 0 spiro atoms. The van der Waals surface area contributed by atoms with Gasteiger partial charge in [-0.25, -0.2) is 4.98 Å². The molecule has 0 bridgehead atoms. The molecule has 0 aliphatic heterocycles. The Morgan fingerprint density at radius 2 is 1.88 bits per heavy atom. The molecule has 140 valence electrons. The number of hydrogen-bond donors (Lipinski definition) is 1. The standard InChI is InChI=1S/C19H24N2O4S/c1-19(2,3)13-4-6-15(7-5-13)25-9-8-20-16(22)11-17-21-14(12-26-17)10-18(23)24/h4-7,12H,8-11H2,1-3H3,(H,20,22)(H,23,24)/p-1. The lowest BCUT2D eigenvalue weighted by Gasteiger charge is -2.19. The Bertz CT molecular complexity index is 748. The molecule has 0 aliphatic carbocycles. The minimum Gasteiger partial charge on any atom is -0.550 e. The van der Waals surface area contributed by atoms with Crippen LogP contribution in [0.15, 0.2) is 29.6 Å². The van der Waals surface area contributed by atoms with Crippen LogP contribution in [0.2, 0.25) is 0 Å². The van der Waals surface area contributed by atoms with Crippen LogP contribution in [-0.2, 0) is 27.8 Å². The number of carboxylic acids is 1. The number of amides is 1. The Morgan fingerprint density at radius 3 is 2.50 bits per heavy atom. The highest BCUT2D eigenvalue weighted by Crippen LogP contribution is 2.24. The topological polar surface area (TPSA) is 91.3 Å². The monoisotopic (exact) mass is 375 g/mol. The third-order valence-electron chi connectivity index (χ3n) is 3.65. The molecule has 0 saturated carbocycles. The van der Waals surface area contributed by atoms with Crippen molar-refractivity contribution in [2.24, 2.45) is 0 Å². The van der Waals surface area contributed by atoms with Crippen LogP contribution in [0.4, 0.5) is 0 Å². The van der Waals surface area contributed by atoms with Gasteiger partial charge in [-0.1, -0.05) is 32.9 Å². The average Bonchev–Trinajstić information content (AvgIpc) is 2.97. The summed E-state index contributed by atoms with van der Waals surface area (Å²) in [5.41, 5.74) is 1.75. The minimum absolute atomic E-state index is 0.100. The fourth-order valence-electron chi connectivity index (χ4n) is 2.27. The number of thiazole rings is 1. The van der Waals surface area contributed by atoms with Gasteiger partial charge in [0, 0.05) is 17.8 Å². The first-order chi connectivity index (χ1) is 12.2. The van der Waals surface area contributed by atoms with Crippen molar-refractivity contribution in [3.05, 3.63) is 45.9 Å². The molecule has 0 unspecified atom stereocenters. The predicted molar refractivity (Wildman–Crippen MR) is 98.2 cm³/mol. The van der Waals surface area contributed by atoms with Crippen molar-refractivity contribution in [1.82, 2.24) is 10.3 Å². The van der Waals surface area contributed by atoms with E-state index in [9.17, 15) is 14.7 Å². The zero-order chi connectivity index (χ0) is 19.2. The lowest BCUT2D eigenvalue weighted by Crippen LogP contribution is -2.29. The van der Waals surface area contributed by atoms with E-state index in [1.807, 2.05) is 24.3 Å². The van der Waals surface area contributed by atoms with Crippen molar-refractivity contribution in [1.29, 1.82) is 0 Å². The van der Waals surface area contributed by atoms with Gasteiger partial charge in [-0.05, 0) is 23.1 Å². The molecule has 0 fully saturated rings. The van der Waals surface area contributed by atoms with E-state index in [1.165, 1.54) is 16.9 Å². The van der Waals surface area contributed by atoms with E-state index in [0.717, 1.165) is 5.75 Å². The number of hydrogen-bond acceptors (Lipinski definition) is 6. The molecule has 1 aromatic heterocycles. The SMILES string of the molecule is CC(C)(C)c1ccc(OCCNC(=O)Cc2nc(CC(=O)[O-])cs2)cc1. The first kappa shape index (κ1) is 19.9. The van der Waals surface area contributed by atoms with Gasteiger partial charge in [-0.2, -0.15) is 0 Å². The van der Waals surface area contributed by atoms with E-state index in [0.29, 0.717) is 23.9 Å². The molecular formula is C19H23N2O4S-. The van der Waals surface area contributed by atoms with E-state index in [4.69, 9.17) is 4.74 Å². The Hall–Kier alpha value is -2.41. The summed E-state index contributed by atoms with van der Waals surface area (Å²) in [6.45, 7) is 7.22. The van der Waals surface area contributed by atoms with Gasteiger partial charge in [0.1, 0.15) is 17.4 Å². The maximum Gasteiger partial charge on any atom is 0.226 e. The average molecular weight is 375 g/mol. The van der Waals surface area contributed by atoms with Gasteiger partial charge in [-0.3, -0.25) is 4.79 Å². The van der Waals surface area contributed by atoms with Crippen molar-refractivity contribution < 1.29 is 19.4 Å². The van der Waals surface area contributed by atoms with Crippen molar-refractivity contribution in [2.75, 3.05) is 13.2 Å². The summed E-state index contributed by atoms with van der Waals surface area (Å²) in [7, 11) is 0. The smallest absolute Gasteiger partial charge is 0.226 e. The number of rotatable bonds is 8. The second-order valence-electron chi connectivity index (χ2n) is 6.93. The maximum absolute atomic E-state index is 11.9. The van der Waals surface area contributed by atoms with Crippen LogP contribution < -0.4 is 15.2 Å². The largest absolute Gasteiger partial charge is 0.550 e. The Labute approximate surface area is 157 Å². The second kappa shape index (κ2) is 8.80. The zero-order valence-corrected chi connectivity index (χ0v) is 16.0. The molecular weight excluding hydrogens is 352 g/mol. The quantitative estimate of drug-likeness (QED) is 0.706. The first-order valence-electron chi connectivity index (χ1n) is 8.37. The maximum atomic E-state index is 11.9. The third kappa shape index (κ3) is 6.48. The second-order valence-corrected chi connectivity index (χ2v) is 7.87. The molecule has 0 atom stereocenters. The molecule has 6 nitrogen and oxygen atoms in total. The van der Waals surface area contributed by atoms with Crippen LogP contribution in [0.3, 0.4) is 0 Å². The lowest BCUT2D eigenvalue weighted by molar-refractivity contribution is -0.304. The molecule has 7 heteroatoms. The minimum atomic E-state index is -1.18. The molecule has 1 N–H and O–H groups in total. The number of benzene rings is 1. The van der Waals surface area contributed by atoms with Crippen LogP contribution in [-0.4, -0.2) is 30.0 Å². The number of carboxylic acid groups (broad SMARTS) is 1. The van der Waals surface area contributed by atoms with Crippen molar-refractivity contribution in [2.45, 2.75) is 39.0 Å². The fourth-order valence-corrected chi connectivity index (χ4v) is 3.06. The van der Waals surface area contributed by atoms with E-state index in [1.54, 1.807) is 5.38 Å². The van der Waals surface area contributed by atoms with Gasteiger partial charge in [0.05, 0.1) is 18.7 Å². The number of aliphatic carboxylic acids is 1. The highest BCUT2D eigenvalue weighted by Gasteiger charge is 2.13. The first-order valence-corrected chi connectivity index (χ1v) is 9.25. The van der Waals surface area contributed by atoms with Crippen molar-refractivity contribution >= 4 is 23.2 Å². The Kier molecular flexibility index (Phi) is 6.74. The normalized spacial score (nSPS) is 11.2. The summed E-state index contributed by atoms with van der Waals surface area (Å²) in [4.78, 5) is 26.5. The number of aromatic nitrogens is 1. The van der Waals surface area contributed by atoms with Crippen LogP contribution in [0.25, 0.3) is 0 Å². The van der Waals surface area contributed by atoms with E-state index < -0.39 is 5.97 Å². The summed E-state index contributed by atoms with van der Waals surface area (Å²) in [5.74, 6) is -0.593. The number of carbonyl (C=O) groups is 2. The Morgan fingerprint density at radius 1 is 1.19 bits per heavy atom. The van der Waals surface area contributed by atoms with Crippen LogP contribution in [0, 0.1) is 0 Å². The molecule has 2 aromatic rings. The Balaban J connectivity index is 1.70. The molecule has 0 aliphatic rings. The van der Waals surface area contributed by atoms with Crippen LogP contribution in [0.5, 0.6) is 5.75 Å². The van der Waals surface area contributed by atoms with Crippen LogP contribution in [0.1, 0.15) is 37.0 Å². The molecule has 1 amide bonds. The number of ether oxygens (including phenoxy) is 1. The molecule has 0 radical (unpaired) electrons. The molecule has 2 rings (SSSR count). The molecule has 1 aromatic carbocycles. The molecule has 1 heterocycles. The summed E-state index contributed by atoms with van der Waals surface area (Å²) >= 11 is 1.26. The van der Waals surface area contributed by atoms with E-state index >= 15 is 0 Å². The van der Waals surface area contributed by atoms with E-state index in [-0.39, 0.29) is 24.2 Å². The number of nitrogens with one attached hydrogen (secondary N) is 1. The summed E-state index contributed by atoms with van der Waals surface area (Å²) in [6.07, 6.45) is -0.113. The third-order valence-corrected chi connectivity index (χ3v) is 4.55. The van der Waals surface area contributed by atoms with Crippen molar-refractivity contribution in [3.63, 3.8) is 0 Å². The predicted octanol–water partition coefficient (Wildman–Crippen LogP) is 1.47. The fraction of sp³-hybridized carbons (Fsp3) is 0.421. The number of nitrogens with zero attached hydrogens (tertiary/aromatic N) is 1. The highest BCUT2D eigenvalue weighted by molar-refractivity contribution is 7.09. The van der Waals surface area contributed by atoms with Gasteiger partial charge in [0.2, 0.25) is 5.91 Å². The summed E-state index contributed by atoms with van der Waals surface area (Å²) < 4.78 is 5.62. The lowest BCUT2D eigenvalue weighted by atomic mass is 9.87. The van der Waals surface area contributed by atoms with Gasteiger partial charge < -0.3 is 20.0 Å². The van der Waals surface area contributed by atoms with Crippen LogP contribution >= 0.6 is 11.3 Å². The van der Waals surface area contributed by atoms with Gasteiger partial charge in [-0.15, -0.1) is 11.3 Å². The van der Waals surface area contributed by atoms with E-state index in [2.05, 4.69) is 31.1 Å². The molecule has 0 saturated heterocycles. The van der Waals surface area contributed by atoms with Crippen molar-refractivity contribution in [3.8, 4) is 5.75 Å². The van der Waals surface area contributed by atoms with Gasteiger partial charge >= 0.3 is 0 Å². The summed E-state index contributed by atoms with van der Waals surface area (Å²) in [6, 6.07) is 7.94. The number of carbonyl (C=O) groups excluding carboxylic acids is 2. The van der Waals surface area contributed by atoms with Gasteiger partial charge in [0.15, 0.2) is 0 Å².